The van der Waals surface area contributed by atoms with Gasteiger partial charge in [0.05, 0.1) is 18.6 Å². The van der Waals surface area contributed by atoms with E-state index in [0.29, 0.717) is 19.6 Å². The summed E-state index contributed by atoms with van der Waals surface area (Å²) in [5, 5.41) is 20.4. The normalized spacial score (nSPS) is 12.4. The van der Waals surface area contributed by atoms with Gasteiger partial charge in [0.15, 0.2) is 0 Å². The van der Waals surface area contributed by atoms with Crippen LogP contribution >= 0.6 is 11.6 Å². The maximum Gasteiger partial charge on any atom is 0.221 e. The first kappa shape index (κ1) is 16.9. The van der Waals surface area contributed by atoms with Crippen molar-refractivity contribution in [1.29, 1.82) is 0 Å². The average Bonchev–Trinajstić information content (AvgIpc) is 2.39. The van der Waals surface area contributed by atoms with Crippen LogP contribution in [0.4, 0.5) is 5.69 Å². The highest BCUT2D eigenvalue weighted by Gasteiger charge is 2.13. The van der Waals surface area contributed by atoms with Crippen molar-refractivity contribution in [2.75, 3.05) is 38.2 Å². The summed E-state index contributed by atoms with van der Waals surface area (Å²) in [4.78, 5) is 12.8. The Labute approximate surface area is 124 Å². The highest BCUT2D eigenvalue weighted by Crippen LogP contribution is 2.23. The van der Waals surface area contributed by atoms with E-state index in [1.54, 1.807) is 12.1 Å². The smallest absolute Gasteiger partial charge is 0.221 e. The number of amides is 1. The molecule has 3 N–H and O–H groups in total. The number of anilines is 1. The van der Waals surface area contributed by atoms with Crippen LogP contribution in [0.5, 0.6) is 0 Å². The summed E-state index contributed by atoms with van der Waals surface area (Å²) in [5.41, 5.74) is 1.66. The van der Waals surface area contributed by atoms with Crippen LogP contribution in [0, 0.1) is 0 Å². The molecule has 0 fully saturated rings. The Hall–Kier alpha value is -1.14. The maximum atomic E-state index is 10.9. The SMILES string of the molecule is CC(=O)Nc1ccc(C(Cl)CN(CCO)CCO)cc1. The fourth-order valence-electron chi connectivity index (χ4n) is 1.89. The third-order valence-corrected chi connectivity index (χ3v) is 3.23. The van der Waals surface area contributed by atoms with Crippen molar-refractivity contribution in [3.05, 3.63) is 29.8 Å². The summed E-state index contributed by atoms with van der Waals surface area (Å²) in [7, 11) is 0. The Balaban J connectivity index is 2.61. The van der Waals surface area contributed by atoms with E-state index in [1.807, 2.05) is 17.0 Å². The molecule has 0 saturated heterocycles. The van der Waals surface area contributed by atoms with Gasteiger partial charge in [-0.1, -0.05) is 12.1 Å². The Bertz CT molecular complexity index is 405. The van der Waals surface area contributed by atoms with Crippen LogP contribution in [0.3, 0.4) is 0 Å². The van der Waals surface area contributed by atoms with Crippen molar-refractivity contribution in [2.24, 2.45) is 0 Å². The summed E-state index contributed by atoms with van der Waals surface area (Å²) in [5.74, 6) is -0.114. The Morgan fingerprint density at radius 3 is 2.25 bits per heavy atom. The molecular weight excluding hydrogens is 280 g/mol. The number of benzene rings is 1. The molecule has 1 amide bonds. The van der Waals surface area contributed by atoms with Gasteiger partial charge in [-0.3, -0.25) is 9.69 Å². The monoisotopic (exact) mass is 300 g/mol. The second-order valence-electron chi connectivity index (χ2n) is 4.52. The molecule has 0 heterocycles. The maximum absolute atomic E-state index is 10.9. The number of alkyl halides is 1. The van der Waals surface area contributed by atoms with Gasteiger partial charge in [0.2, 0.25) is 5.91 Å². The summed E-state index contributed by atoms with van der Waals surface area (Å²) < 4.78 is 0. The number of carbonyl (C=O) groups is 1. The van der Waals surface area contributed by atoms with Gasteiger partial charge in [-0.2, -0.15) is 0 Å². The van der Waals surface area contributed by atoms with E-state index in [4.69, 9.17) is 21.8 Å². The molecule has 20 heavy (non-hydrogen) atoms. The minimum Gasteiger partial charge on any atom is -0.395 e. The number of nitrogens with zero attached hydrogens (tertiary/aromatic N) is 1. The van der Waals surface area contributed by atoms with Crippen molar-refractivity contribution in [3.8, 4) is 0 Å². The minimum atomic E-state index is -0.237. The van der Waals surface area contributed by atoms with E-state index in [-0.39, 0.29) is 24.5 Å². The van der Waals surface area contributed by atoms with Crippen LogP contribution in [-0.4, -0.2) is 53.9 Å². The van der Waals surface area contributed by atoms with Crippen LogP contribution in [0.25, 0.3) is 0 Å². The molecule has 6 heteroatoms. The predicted molar refractivity (Wildman–Crippen MR) is 80.0 cm³/mol. The van der Waals surface area contributed by atoms with E-state index in [1.165, 1.54) is 6.92 Å². The lowest BCUT2D eigenvalue weighted by molar-refractivity contribution is -0.114. The molecule has 0 aromatic heterocycles. The van der Waals surface area contributed by atoms with E-state index < -0.39 is 0 Å². The van der Waals surface area contributed by atoms with Crippen LogP contribution < -0.4 is 5.32 Å². The molecule has 0 radical (unpaired) electrons. The van der Waals surface area contributed by atoms with Crippen molar-refractivity contribution in [1.82, 2.24) is 4.90 Å². The summed E-state index contributed by atoms with van der Waals surface area (Å²) in [6, 6.07) is 7.32. The molecular formula is C14H21ClN2O3. The fraction of sp³-hybridized carbons (Fsp3) is 0.500. The van der Waals surface area contributed by atoms with Crippen molar-refractivity contribution in [2.45, 2.75) is 12.3 Å². The molecule has 1 aromatic carbocycles. The zero-order valence-corrected chi connectivity index (χ0v) is 12.3. The Morgan fingerprint density at radius 2 is 1.80 bits per heavy atom. The lowest BCUT2D eigenvalue weighted by Gasteiger charge is -2.23. The lowest BCUT2D eigenvalue weighted by atomic mass is 10.1. The Kier molecular flexibility index (Phi) is 7.54. The number of hydrogen-bond acceptors (Lipinski definition) is 4. The van der Waals surface area contributed by atoms with E-state index in [0.717, 1.165) is 11.3 Å². The first-order valence-electron chi connectivity index (χ1n) is 6.52. The number of aliphatic hydroxyl groups excluding tert-OH is 2. The van der Waals surface area contributed by atoms with Gasteiger partial charge >= 0.3 is 0 Å². The zero-order chi connectivity index (χ0) is 15.0. The second-order valence-corrected chi connectivity index (χ2v) is 5.05. The summed E-state index contributed by atoms with van der Waals surface area (Å²) >= 11 is 6.34. The van der Waals surface area contributed by atoms with Crippen LogP contribution in [0.2, 0.25) is 0 Å². The molecule has 1 atom stereocenters. The van der Waals surface area contributed by atoms with Crippen LogP contribution in [-0.2, 0) is 4.79 Å². The highest BCUT2D eigenvalue weighted by molar-refractivity contribution is 6.21. The highest BCUT2D eigenvalue weighted by atomic mass is 35.5. The number of nitrogens with one attached hydrogen (secondary N) is 1. The van der Waals surface area contributed by atoms with Crippen molar-refractivity contribution in [3.63, 3.8) is 0 Å². The van der Waals surface area contributed by atoms with Crippen molar-refractivity contribution < 1.29 is 15.0 Å². The average molecular weight is 301 g/mol. The molecule has 0 aliphatic carbocycles. The van der Waals surface area contributed by atoms with Gasteiger partial charge in [0.1, 0.15) is 0 Å². The van der Waals surface area contributed by atoms with Crippen LogP contribution in [0.15, 0.2) is 24.3 Å². The molecule has 0 saturated carbocycles. The molecule has 1 unspecified atom stereocenters. The third-order valence-electron chi connectivity index (χ3n) is 2.84. The summed E-state index contributed by atoms with van der Waals surface area (Å²) in [6.07, 6.45) is 0. The largest absolute Gasteiger partial charge is 0.395 e. The summed E-state index contributed by atoms with van der Waals surface area (Å²) in [6.45, 7) is 3.03. The molecule has 0 bridgehead atoms. The predicted octanol–water partition coefficient (Wildman–Crippen LogP) is 1.21. The standard InChI is InChI=1S/C14H21ClN2O3/c1-11(20)16-13-4-2-12(3-5-13)14(15)10-17(6-8-18)7-9-19/h2-5,14,18-19H,6-10H2,1H3,(H,16,20). The number of halogens is 1. The number of carbonyl (C=O) groups excluding carboxylic acids is 1. The van der Waals surface area contributed by atoms with Gasteiger partial charge in [-0.05, 0) is 17.7 Å². The zero-order valence-electron chi connectivity index (χ0n) is 11.6. The van der Waals surface area contributed by atoms with Gasteiger partial charge in [0.25, 0.3) is 0 Å². The minimum absolute atomic E-state index is 0.0328. The van der Waals surface area contributed by atoms with Gasteiger partial charge in [-0.25, -0.2) is 0 Å². The molecule has 1 rings (SSSR count). The van der Waals surface area contributed by atoms with Gasteiger partial charge in [0, 0.05) is 32.2 Å². The van der Waals surface area contributed by atoms with Crippen molar-refractivity contribution >= 4 is 23.2 Å². The van der Waals surface area contributed by atoms with Crippen LogP contribution in [0.1, 0.15) is 17.9 Å². The van der Waals surface area contributed by atoms with E-state index >= 15 is 0 Å². The number of hydrogen-bond donors (Lipinski definition) is 3. The molecule has 5 nitrogen and oxygen atoms in total. The molecule has 1 aromatic rings. The fourth-order valence-corrected chi connectivity index (χ4v) is 2.23. The van der Waals surface area contributed by atoms with Gasteiger partial charge in [-0.15, -0.1) is 11.6 Å². The molecule has 0 spiro atoms. The van der Waals surface area contributed by atoms with Gasteiger partial charge < -0.3 is 15.5 Å². The molecule has 0 aliphatic rings. The lowest BCUT2D eigenvalue weighted by Crippen LogP contribution is -2.32. The molecule has 0 aliphatic heterocycles. The molecule has 112 valence electrons. The first-order valence-corrected chi connectivity index (χ1v) is 6.96. The quantitative estimate of drug-likeness (QED) is 0.631. The third kappa shape index (κ3) is 5.88. The second kappa shape index (κ2) is 8.92. The topological polar surface area (TPSA) is 72.8 Å². The number of rotatable bonds is 8. The Morgan fingerprint density at radius 1 is 1.25 bits per heavy atom. The first-order chi connectivity index (χ1) is 9.56. The van der Waals surface area contributed by atoms with E-state index in [9.17, 15) is 4.79 Å². The number of aliphatic hydroxyl groups is 2. The van der Waals surface area contributed by atoms with E-state index in [2.05, 4.69) is 5.32 Å².